The van der Waals surface area contributed by atoms with Gasteiger partial charge in [0.15, 0.2) is 0 Å². The lowest BCUT2D eigenvalue weighted by molar-refractivity contribution is 0.0137. The molecule has 3 N–H and O–H groups in total. The number of amides is 1. The summed E-state index contributed by atoms with van der Waals surface area (Å²) >= 11 is 11.9. The highest BCUT2D eigenvalue weighted by Gasteiger charge is 2.29. The number of hydrogen-bond donors (Lipinski definition) is 3. The summed E-state index contributed by atoms with van der Waals surface area (Å²) in [5, 5.41) is 23.3. The number of halogens is 2. The van der Waals surface area contributed by atoms with E-state index in [1.165, 1.54) is 12.3 Å². The molecule has 32 heavy (non-hydrogen) atoms. The topological polar surface area (TPSA) is 91.7 Å². The van der Waals surface area contributed by atoms with Crippen LogP contribution >= 0.6 is 23.2 Å². The van der Waals surface area contributed by atoms with E-state index in [-0.39, 0.29) is 41.2 Å². The predicted molar refractivity (Wildman–Crippen MR) is 123 cm³/mol. The third-order valence-corrected chi connectivity index (χ3v) is 6.39. The predicted octanol–water partition coefficient (Wildman–Crippen LogP) is 4.71. The van der Waals surface area contributed by atoms with E-state index in [2.05, 4.69) is 34.6 Å². The van der Waals surface area contributed by atoms with Crippen LogP contribution in [0.15, 0.2) is 60.8 Å². The molecule has 0 aliphatic heterocycles. The first-order valence-electron chi connectivity index (χ1n) is 10.2. The van der Waals surface area contributed by atoms with E-state index in [9.17, 15) is 15.0 Å². The van der Waals surface area contributed by atoms with Crippen molar-refractivity contribution in [2.45, 2.75) is 24.5 Å². The summed E-state index contributed by atoms with van der Waals surface area (Å²) in [5.74, 6) is -0.0286. The number of pyridine rings is 1. The number of aliphatic hydroxyl groups is 2. The molecule has 1 heterocycles. The van der Waals surface area contributed by atoms with E-state index >= 15 is 0 Å². The summed E-state index contributed by atoms with van der Waals surface area (Å²) in [7, 11) is 0. The number of fused-ring (bicyclic) bond motifs is 3. The largest absolute Gasteiger partial charge is 0.449 e. The molecule has 0 bridgehead atoms. The number of aliphatic hydroxyl groups excluding tert-OH is 2. The summed E-state index contributed by atoms with van der Waals surface area (Å²) in [5.41, 5.74) is 4.86. The average molecular weight is 473 g/mol. The number of carbonyl (C=O) groups is 1. The SMILES string of the molecule is O=C(NCCC(O)C(O)c1ccnc(Cl)c1Cl)OCC1c2ccccc2-c2ccccc21. The van der Waals surface area contributed by atoms with Gasteiger partial charge in [-0.1, -0.05) is 71.7 Å². The van der Waals surface area contributed by atoms with Crippen molar-refractivity contribution < 1.29 is 19.7 Å². The zero-order chi connectivity index (χ0) is 22.7. The Hall–Kier alpha value is -2.64. The van der Waals surface area contributed by atoms with Crippen molar-refractivity contribution in [3.63, 3.8) is 0 Å². The lowest BCUT2D eigenvalue weighted by Crippen LogP contribution is -2.30. The van der Waals surface area contributed by atoms with Gasteiger partial charge in [0.1, 0.15) is 17.9 Å². The number of ether oxygens (including phenoxy) is 1. The maximum atomic E-state index is 12.2. The van der Waals surface area contributed by atoms with E-state index in [0.29, 0.717) is 0 Å². The molecule has 166 valence electrons. The maximum Gasteiger partial charge on any atom is 0.407 e. The lowest BCUT2D eigenvalue weighted by atomic mass is 9.98. The molecule has 0 saturated heterocycles. The van der Waals surface area contributed by atoms with Gasteiger partial charge in [0.05, 0.1) is 11.1 Å². The van der Waals surface area contributed by atoms with Gasteiger partial charge in [0.25, 0.3) is 0 Å². The van der Waals surface area contributed by atoms with Crippen LogP contribution in [0.5, 0.6) is 0 Å². The summed E-state index contributed by atoms with van der Waals surface area (Å²) < 4.78 is 5.46. The van der Waals surface area contributed by atoms with Crippen molar-refractivity contribution in [2.24, 2.45) is 0 Å². The number of rotatable bonds is 7. The molecule has 0 radical (unpaired) electrons. The highest BCUT2D eigenvalue weighted by Crippen LogP contribution is 2.44. The van der Waals surface area contributed by atoms with Crippen LogP contribution in [0.1, 0.15) is 35.1 Å². The van der Waals surface area contributed by atoms with Crippen molar-refractivity contribution in [1.82, 2.24) is 10.3 Å². The first kappa shape index (κ1) is 22.6. The van der Waals surface area contributed by atoms with Gasteiger partial charge in [-0.2, -0.15) is 0 Å². The van der Waals surface area contributed by atoms with Crippen molar-refractivity contribution >= 4 is 29.3 Å². The molecule has 0 saturated carbocycles. The number of nitrogens with one attached hydrogen (secondary N) is 1. The van der Waals surface area contributed by atoms with Crippen molar-refractivity contribution in [2.75, 3.05) is 13.2 Å². The minimum absolute atomic E-state index is 0.0286. The van der Waals surface area contributed by atoms with Gasteiger partial charge in [0.2, 0.25) is 0 Å². The summed E-state index contributed by atoms with van der Waals surface area (Å²) in [6, 6.07) is 17.7. The maximum absolute atomic E-state index is 12.2. The molecule has 0 fully saturated rings. The number of hydrogen-bond acceptors (Lipinski definition) is 5. The van der Waals surface area contributed by atoms with E-state index in [0.717, 1.165) is 22.3 Å². The molecule has 4 rings (SSSR count). The second-order valence-corrected chi connectivity index (χ2v) is 8.29. The fourth-order valence-electron chi connectivity index (χ4n) is 4.00. The summed E-state index contributed by atoms with van der Waals surface area (Å²) in [6.07, 6.45) is -1.50. The Labute approximate surface area is 195 Å². The molecular weight excluding hydrogens is 451 g/mol. The number of aromatic nitrogens is 1. The molecule has 2 atom stereocenters. The monoisotopic (exact) mass is 472 g/mol. The third kappa shape index (κ3) is 4.59. The molecule has 1 aliphatic carbocycles. The Balaban J connectivity index is 1.29. The second kappa shape index (κ2) is 9.88. The molecule has 1 aromatic heterocycles. The lowest BCUT2D eigenvalue weighted by Gasteiger charge is -2.19. The van der Waals surface area contributed by atoms with E-state index < -0.39 is 18.3 Å². The van der Waals surface area contributed by atoms with Crippen LogP contribution in [-0.2, 0) is 4.74 Å². The third-order valence-electron chi connectivity index (χ3n) is 5.61. The van der Waals surface area contributed by atoms with Crippen LogP contribution in [0.4, 0.5) is 4.79 Å². The van der Waals surface area contributed by atoms with Gasteiger partial charge >= 0.3 is 6.09 Å². The summed E-state index contributed by atoms with van der Waals surface area (Å²) in [4.78, 5) is 16.0. The van der Waals surface area contributed by atoms with Crippen molar-refractivity contribution in [3.05, 3.63) is 87.7 Å². The molecule has 1 amide bonds. The van der Waals surface area contributed by atoms with Gasteiger partial charge in [-0.3, -0.25) is 0 Å². The zero-order valence-corrected chi connectivity index (χ0v) is 18.6. The minimum atomic E-state index is -1.26. The quantitative estimate of drug-likeness (QED) is 0.433. The highest BCUT2D eigenvalue weighted by molar-refractivity contribution is 6.41. The second-order valence-electron chi connectivity index (χ2n) is 7.56. The van der Waals surface area contributed by atoms with Crippen LogP contribution in [0, 0.1) is 0 Å². The Morgan fingerprint density at radius 1 is 1.03 bits per heavy atom. The first-order chi connectivity index (χ1) is 15.5. The fraction of sp³-hybridized carbons (Fsp3) is 0.250. The standard InChI is InChI=1S/C24H22Cl2N2O4/c25-21-18(9-11-27-23(21)26)22(30)20(29)10-12-28-24(31)32-13-19-16-7-3-1-5-14(16)15-6-2-4-8-17(15)19/h1-9,11,19-20,22,29-30H,10,12-13H2,(H,28,31). The van der Waals surface area contributed by atoms with E-state index in [1.807, 2.05) is 24.3 Å². The van der Waals surface area contributed by atoms with Crippen LogP contribution in [0.2, 0.25) is 10.2 Å². The van der Waals surface area contributed by atoms with E-state index in [4.69, 9.17) is 27.9 Å². The minimum Gasteiger partial charge on any atom is -0.449 e. The Morgan fingerprint density at radius 3 is 2.31 bits per heavy atom. The molecule has 8 heteroatoms. The molecular formula is C24H22Cl2N2O4. The number of carbonyl (C=O) groups excluding carboxylic acids is 1. The summed E-state index contributed by atoms with van der Waals surface area (Å²) in [6.45, 7) is 0.321. The molecule has 2 unspecified atom stereocenters. The zero-order valence-electron chi connectivity index (χ0n) is 17.0. The van der Waals surface area contributed by atoms with Gasteiger partial charge in [-0.05, 0) is 34.7 Å². The van der Waals surface area contributed by atoms with Crippen molar-refractivity contribution in [1.29, 1.82) is 0 Å². The molecule has 3 aromatic rings. The van der Waals surface area contributed by atoms with E-state index in [1.54, 1.807) is 0 Å². The molecule has 2 aromatic carbocycles. The first-order valence-corrected chi connectivity index (χ1v) is 11.0. The number of nitrogens with zero attached hydrogens (tertiary/aromatic N) is 1. The van der Waals surface area contributed by atoms with Gasteiger partial charge < -0.3 is 20.3 Å². The molecule has 1 aliphatic rings. The fourth-order valence-corrected chi connectivity index (χ4v) is 4.39. The number of alkyl carbamates (subject to hydrolysis) is 1. The van der Waals surface area contributed by atoms with Crippen LogP contribution < -0.4 is 5.32 Å². The Kier molecular flexibility index (Phi) is 6.96. The van der Waals surface area contributed by atoms with Gasteiger partial charge in [-0.15, -0.1) is 0 Å². The average Bonchev–Trinajstić information content (AvgIpc) is 3.13. The Bertz CT molecular complexity index is 1080. The van der Waals surface area contributed by atoms with Crippen LogP contribution in [0.3, 0.4) is 0 Å². The molecule has 6 nitrogen and oxygen atoms in total. The number of benzene rings is 2. The Morgan fingerprint density at radius 2 is 1.66 bits per heavy atom. The normalized spacial score (nSPS) is 14.4. The highest BCUT2D eigenvalue weighted by atomic mass is 35.5. The smallest absolute Gasteiger partial charge is 0.407 e. The van der Waals surface area contributed by atoms with Gasteiger partial charge in [0, 0.05) is 24.2 Å². The van der Waals surface area contributed by atoms with Crippen LogP contribution in [0.25, 0.3) is 11.1 Å². The molecule has 0 spiro atoms. The van der Waals surface area contributed by atoms with Gasteiger partial charge in [-0.25, -0.2) is 9.78 Å². The van der Waals surface area contributed by atoms with Crippen LogP contribution in [-0.4, -0.2) is 40.5 Å². The van der Waals surface area contributed by atoms with Crippen molar-refractivity contribution in [3.8, 4) is 11.1 Å².